The van der Waals surface area contributed by atoms with Crippen LogP contribution in [0.25, 0.3) is 27.9 Å². The lowest BCUT2D eigenvalue weighted by Gasteiger charge is -2.19. The maximum absolute atomic E-state index is 13.7. The summed E-state index contributed by atoms with van der Waals surface area (Å²) in [5, 5.41) is 35.2. The van der Waals surface area contributed by atoms with Crippen LogP contribution in [0.5, 0.6) is 0 Å². The highest BCUT2D eigenvalue weighted by atomic mass is 35.5. The van der Waals surface area contributed by atoms with Crippen LogP contribution in [-0.4, -0.2) is 31.3 Å². The van der Waals surface area contributed by atoms with Crippen molar-refractivity contribution in [3.8, 4) is 27.9 Å². The molecule has 0 radical (unpaired) electrons. The first kappa shape index (κ1) is 26.9. The molecule has 0 bridgehead atoms. The molecule has 0 spiro atoms. The minimum absolute atomic E-state index is 0.216. The summed E-state index contributed by atoms with van der Waals surface area (Å²) < 4.78 is 2.43. The van der Waals surface area contributed by atoms with Gasteiger partial charge in [0.1, 0.15) is 6.33 Å². The van der Waals surface area contributed by atoms with Gasteiger partial charge in [-0.3, -0.25) is 0 Å². The van der Waals surface area contributed by atoms with Crippen LogP contribution >= 0.6 is 11.6 Å². The SMILES string of the molecule is O=C(O)c1cccc(-c2cccc(C(Cc3ccccc3)c3ccc(-c4cc(Cl)ccc4-n4cnnn4)c[n+]3[O-])c2)c1. The first-order chi connectivity index (χ1) is 20.5. The Hall–Kier alpha value is -5.34. The van der Waals surface area contributed by atoms with E-state index in [9.17, 15) is 15.1 Å². The minimum atomic E-state index is -0.981. The van der Waals surface area contributed by atoms with Crippen LogP contribution in [0.15, 0.2) is 122 Å². The predicted molar refractivity (Wildman–Crippen MR) is 159 cm³/mol. The van der Waals surface area contributed by atoms with E-state index in [1.807, 2.05) is 72.8 Å². The molecule has 9 heteroatoms. The van der Waals surface area contributed by atoms with Crippen LogP contribution in [0.3, 0.4) is 0 Å². The summed E-state index contributed by atoms with van der Waals surface area (Å²) in [5.74, 6) is -1.26. The van der Waals surface area contributed by atoms with Crippen molar-refractivity contribution in [3.63, 3.8) is 0 Å². The molecule has 0 aliphatic carbocycles. The number of carboxylic acid groups (broad SMARTS) is 1. The number of carbonyl (C=O) groups is 1. The fourth-order valence-electron chi connectivity index (χ4n) is 5.14. The molecule has 1 N–H and O–H groups in total. The fraction of sp³-hybridized carbons (Fsp3) is 0.0606. The Bertz CT molecular complexity index is 1880. The monoisotopic (exact) mass is 573 g/mol. The standard InChI is InChI=1S/C33H24ClN5O3/c34-28-13-15-31(38-21-35-36-37-38)30(19-28)27-12-14-32(39(42)20-27)29(16-22-6-2-1-3-7-22)25-10-4-8-23(17-25)24-9-5-11-26(18-24)33(40)41/h1-15,17-21,29H,16H2,(H,40,41). The van der Waals surface area contributed by atoms with Crippen LogP contribution in [0.2, 0.25) is 5.02 Å². The molecular formula is C33H24ClN5O3. The van der Waals surface area contributed by atoms with Crippen molar-refractivity contribution in [3.05, 3.63) is 154 Å². The molecule has 2 heterocycles. The highest BCUT2D eigenvalue weighted by molar-refractivity contribution is 6.31. The Morgan fingerprint density at radius 1 is 0.881 bits per heavy atom. The number of hydrogen-bond donors (Lipinski definition) is 1. The first-order valence-corrected chi connectivity index (χ1v) is 13.6. The van der Waals surface area contributed by atoms with Gasteiger partial charge in [-0.15, -0.1) is 5.10 Å². The highest BCUT2D eigenvalue weighted by Crippen LogP contribution is 2.33. The number of carboxylic acids is 1. The summed E-state index contributed by atoms with van der Waals surface area (Å²) in [6.07, 6.45) is 3.63. The van der Waals surface area contributed by atoms with Crippen molar-refractivity contribution >= 4 is 17.6 Å². The largest absolute Gasteiger partial charge is 0.618 e. The molecule has 2 aromatic heterocycles. The quantitative estimate of drug-likeness (QED) is 0.168. The molecule has 0 amide bonds. The van der Waals surface area contributed by atoms with Gasteiger partial charge in [0.25, 0.3) is 0 Å². The molecule has 206 valence electrons. The van der Waals surface area contributed by atoms with Gasteiger partial charge >= 0.3 is 5.97 Å². The molecule has 0 saturated carbocycles. The van der Waals surface area contributed by atoms with E-state index in [2.05, 4.69) is 15.5 Å². The molecule has 8 nitrogen and oxygen atoms in total. The molecule has 0 aliphatic rings. The average molecular weight is 574 g/mol. The zero-order chi connectivity index (χ0) is 29.1. The van der Waals surface area contributed by atoms with Crippen molar-refractivity contribution in [2.45, 2.75) is 12.3 Å². The normalized spacial score (nSPS) is 11.7. The highest BCUT2D eigenvalue weighted by Gasteiger charge is 2.24. The lowest BCUT2D eigenvalue weighted by atomic mass is 9.87. The Morgan fingerprint density at radius 2 is 1.67 bits per heavy atom. The van der Waals surface area contributed by atoms with Gasteiger partial charge in [0.05, 0.1) is 17.2 Å². The topological polar surface area (TPSA) is 108 Å². The van der Waals surface area contributed by atoms with Crippen LogP contribution in [0.1, 0.15) is 33.1 Å². The number of halogens is 1. The molecule has 0 saturated heterocycles. The molecular weight excluding hydrogens is 550 g/mol. The Balaban J connectivity index is 1.43. The Labute approximate surface area is 246 Å². The van der Waals surface area contributed by atoms with E-state index in [0.717, 1.165) is 27.0 Å². The number of hydrogen-bond acceptors (Lipinski definition) is 5. The van der Waals surface area contributed by atoms with E-state index < -0.39 is 5.97 Å². The summed E-state index contributed by atoms with van der Waals surface area (Å²) in [5.41, 5.74) is 6.54. The number of rotatable bonds is 8. The lowest BCUT2D eigenvalue weighted by Crippen LogP contribution is -2.34. The third kappa shape index (κ3) is 5.61. The van der Waals surface area contributed by atoms with E-state index in [-0.39, 0.29) is 11.5 Å². The van der Waals surface area contributed by atoms with Crippen molar-refractivity contribution in [2.75, 3.05) is 0 Å². The summed E-state index contributed by atoms with van der Waals surface area (Å²) in [6, 6.07) is 33.8. The van der Waals surface area contributed by atoms with Crippen molar-refractivity contribution in [1.82, 2.24) is 20.2 Å². The van der Waals surface area contributed by atoms with Gasteiger partial charge in [0.15, 0.2) is 6.20 Å². The van der Waals surface area contributed by atoms with Crippen LogP contribution in [0.4, 0.5) is 0 Å². The summed E-state index contributed by atoms with van der Waals surface area (Å²) in [6.45, 7) is 0. The zero-order valence-corrected chi connectivity index (χ0v) is 23.0. The van der Waals surface area contributed by atoms with Gasteiger partial charge in [-0.1, -0.05) is 78.3 Å². The predicted octanol–water partition coefficient (Wildman–Crippen LogP) is 6.36. The van der Waals surface area contributed by atoms with Crippen molar-refractivity contribution in [2.24, 2.45) is 0 Å². The fourth-order valence-corrected chi connectivity index (χ4v) is 5.31. The molecule has 1 unspecified atom stereocenters. The summed E-state index contributed by atoms with van der Waals surface area (Å²) in [7, 11) is 0. The van der Waals surface area contributed by atoms with E-state index in [0.29, 0.717) is 34.0 Å². The van der Waals surface area contributed by atoms with Crippen LogP contribution in [0, 0.1) is 5.21 Å². The lowest BCUT2D eigenvalue weighted by molar-refractivity contribution is -0.614. The number of nitrogens with zero attached hydrogens (tertiary/aromatic N) is 5. The minimum Gasteiger partial charge on any atom is -0.618 e. The van der Waals surface area contributed by atoms with Gasteiger partial charge in [-0.2, -0.15) is 9.41 Å². The number of benzene rings is 4. The van der Waals surface area contributed by atoms with E-state index in [1.54, 1.807) is 42.6 Å². The number of aromatic nitrogens is 5. The second-order valence-electron chi connectivity index (χ2n) is 9.84. The second-order valence-corrected chi connectivity index (χ2v) is 10.3. The average Bonchev–Trinajstić information content (AvgIpc) is 3.56. The van der Waals surface area contributed by atoms with Gasteiger partial charge in [-0.25, -0.2) is 4.79 Å². The number of aromatic carboxylic acids is 1. The van der Waals surface area contributed by atoms with Gasteiger partial charge < -0.3 is 10.3 Å². The van der Waals surface area contributed by atoms with Gasteiger partial charge in [0, 0.05) is 22.2 Å². The van der Waals surface area contributed by atoms with Crippen molar-refractivity contribution < 1.29 is 14.6 Å². The molecule has 1 atom stereocenters. The maximum Gasteiger partial charge on any atom is 0.335 e. The Kier molecular flexibility index (Phi) is 7.45. The van der Waals surface area contributed by atoms with Crippen molar-refractivity contribution in [1.29, 1.82) is 0 Å². The first-order valence-electron chi connectivity index (χ1n) is 13.2. The number of tetrazole rings is 1. The maximum atomic E-state index is 13.7. The summed E-state index contributed by atoms with van der Waals surface area (Å²) >= 11 is 6.33. The van der Waals surface area contributed by atoms with Gasteiger partial charge in [0.2, 0.25) is 5.69 Å². The molecule has 6 rings (SSSR count). The molecule has 0 fully saturated rings. The smallest absolute Gasteiger partial charge is 0.335 e. The number of pyridine rings is 1. The third-order valence-corrected chi connectivity index (χ3v) is 7.42. The van der Waals surface area contributed by atoms with Crippen LogP contribution in [-0.2, 0) is 6.42 Å². The molecule has 6 aromatic rings. The molecule has 4 aromatic carbocycles. The van der Waals surface area contributed by atoms with E-state index in [1.165, 1.54) is 11.0 Å². The third-order valence-electron chi connectivity index (χ3n) is 7.18. The molecule has 42 heavy (non-hydrogen) atoms. The Morgan fingerprint density at radius 3 is 2.40 bits per heavy atom. The van der Waals surface area contributed by atoms with Crippen LogP contribution < -0.4 is 4.73 Å². The van der Waals surface area contributed by atoms with Gasteiger partial charge in [-0.05, 0) is 75.5 Å². The second kappa shape index (κ2) is 11.6. The van der Waals surface area contributed by atoms with E-state index in [4.69, 9.17) is 11.6 Å². The molecule has 0 aliphatic heterocycles. The van der Waals surface area contributed by atoms with E-state index >= 15 is 0 Å². The zero-order valence-electron chi connectivity index (χ0n) is 22.2. The summed E-state index contributed by atoms with van der Waals surface area (Å²) in [4.78, 5) is 11.6.